The van der Waals surface area contributed by atoms with E-state index in [1.165, 1.54) is 24.6 Å². The summed E-state index contributed by atoms with van der Waals surface area (Å²) in [5, 5.41) is 2.76. The molecule has 1 saturated heterocycles. The fraction of sp³-hybridized carbons (Fsp3) is 0.278. The van der Waals surface area contributed by atoms with Gasteiger partial charge in [-0.25, -0.2) is 4.39 Å². The molecule has 0 unspecified atom stereocenters. The Morgan fingerprint density at radius 3 is 2.78 bits per heavy atom. The molecule has 1 N–H and O–H groups in total. The minimum atomic E-state index is -0.365. The van der Waals surface area contributed by atoms with E-state index in [4.69, 9.17) is 4.42 Å². The minimum absolute atomic E-state index is 0.315. The highest BCUT2D eigenvalue weighted by Crippen LogP contribution is 2.29. The van der Waals surface area contributed by atoms with Gasteiger partial charge in [-0.1, -0.05) is 0 Å². The number of rotatable bonds is 4. The maximum atomic E-state index is 13.6. The molecule has 5 heteroatoms. The summed E-state index contributed by atoms with van der Waals surface area (Å²) in [4.78, 5) is 14.3. The van der Waals surface area contributed by atoms with Gasteiger partial charge in [0.15, 0.2) is 0 Å². The molecule has 120 valence electrons. The van der Waals surface area contributed by atoms with Crippen molar-refractivity contribution in [3.8, 4) is 0 Å². The number of anilines is 2. The van der Waals surface area contributed by atoms with E-state index in [0.717, 1.165) is 31.6 Å². The van der Waals surface area contributed by atoms with Gasteiger partial charge in [0.05, 0.1) is 17.6 Å². The third kappa shape index (κ3) is 4.00. The average molecular weight is 314 g/mol. The monoisotopic (exact) mass is 314 g/mol. The lowest BCUT2D eigenvalue weighted by Crippen LogP contribution is -2.30. The van der Waals surface area contributed by atoms with Crippen molar-refractivity contribution in [3.05, 3.63) is 54.2 Å². The number of carbonyl (C=O) groups excluding carboxylic acids is 1. The standard InChI is InChI=1S/C18H19FN2O2/c19-14-6-8-17(21-10-2-1-3-11-21)16(13-14)20-18(22)9-7-15-5-4-12-23-15/h4-9,12-13H,1-3,10-11H2,(H,20,22)/b9-7+. The molecule has 1 amide bonds. The maximum absolute atomic E-state index is 13.6. The van der Waals surface area contributed by atoms with Crippen molar-refractivity contribution in [2.75, 3.05) is 23.3 Å². The number of benzene rings is 1. The number of furan rings is 1. The molecule has 1 aromatic heterocycles. The van der Waals surface area contributed by atoms with Crippen molar-refractivity contribution in [3.63, 3.8) is 0 Å². The molecule has 23 heavy (non-hydrogen) atoms. The van der Waals surface area contributed by atoms with E-state index in [2.05, 4.69) is 10.2 Å². The van der Waals surface area contributed by atoms with E-state index in [9.17, 15) is 9.18 Å². The van der Waals surface area contributed by atoms with Crippen LogP contribution in [0.25, 0.3) is 6.08 Å². The van der Waals surface area contributed by atoms with Gasteiger partial charge in [0.25, 0.3) is 0 Å². The third-order valence-electron chi connectivity index (χ3n) is 3.86. The van der Waals surface area contributed by atoms with Crippen LogP contribution < -0.4 is 10.2 Å². The number of hydrogen-bond acceptors (Lipinski definition) is 3. The fourth-order valence-corrected chi connectivity index (χ4v) is 2.74. The van der Waals surface area contributed by atoms with Crippen LogP contribution in [-0.2, 0) is 4.79 Å². The zero-order valence-electron chi connectivity index (χ0n) is 12.8. The summed E-state index contributed by atoms with van der Waals surface area (Å²) >= 11 is 0. The lowest BCUT2D eigenvalue weighted by atomic mass is 10.1. The summed E-state index contributed by atoms with van der Waals surface area (Å²) in [6.45, 7) is 1.85. The van der Waals surface area contributed by atoms with Gasteiger partial charge in [-0.05, 0) is 55.7 Å². The van der Waals surface area contributed by atoms with E-state index in [0.29, 0.717) is 11.4 Å². The van der Waals surface area contributed by atoms with Gasteiger partial charge in [-0.2, -0.15) is 0 Å². The van der Waals surface area contributed by atoms with Crippen molar-refractivity contribution in [2.45, 2.75) is 19.3 Å². The van der Waals surface area contributed by atoms with E-state index in [1.807, 2.05) is 0 Å². The predicted molar refractivity (Wildman–Crippen MR) is 88.8 cm³/mol. The summed E-state index contributed by atoms with van der Waals surface area (Å²) in [6.07, 6.45) is 7.94. The number of nitrogens with zero attached hydrogens (tertiary/aromatic N) is 1. The van der Waals surface area contributed by atoms with E-state index < -0.39 is 0 Å². The molecule has 3 rings (SSSR count). The summed E-state index contributed by atoms with van der Waals surface area (Å²) in [6, 6.07) is 8.02. The van der Waals surface area contributed by atoms with Crippen molar-refractivity contribution >= 4 is 23.4 Å². The Balaban J connectivity index is 1.75. The van der Waals surface area contributed by atoms with Crippen LogP contribution in [-0.4, -0.2) is 19.0 Å². The van der Waals surface area contributed by atoms with Crippen LogP contribution in [0.15, 0.2) is 47.1 Å². The molecule has 0 spiro atoms. The van der Waals surface area contributed by atoms with Gasteiger partial charge in [0.2, 0.25) is 5.91 Å². The third-order valence-corrected chi connectivity index (χ3v) is 3.86. The number of amides is 1. The molecule has 0 aliphatic carbocycles. The Morgan fingerprint density at radius 1 is 1.22 bits per heavy atom. The molecule has 0 atom stereocenters. The van der Waals surface area contributed by atoms with Crippen molar-refractivity contribution < 1.29 is 13.6 Å². The zero-order valence-corrected chi connectivity index (χ0v) is 12.8. The molecular weight excluding hydrogens is 295 g/mol. The molecule has 1 fully saturated rings. The Bertz CT molecular complexity index is 689. The van der Waals surface area contributed by atoms with Crippen molar-refractivity contribution in [1.29, 1.82) is 0 Å². The fourth-order valence-electron chi connectivity index (χ4n) is 2.74. The first kappa shape index (κ1) is 15.3. The largest absolute Gasteiger partial charge is 0.465 e. The Kier molecular flexibility index (Phi) is 4.76. The molecule has 0 bridgehead atoms. The lowest BCUT2D eigenvalue weighted by Gasteiger charge is -2.30. The quantitative estimate of drug-likeness (QED) is 0.866. The summed E-state index contributed by atoms with van der Waals surface area (Å²) < 4.78 is 18.7. The molecule has 1 aliphatic rings. The van der Waals surface area contributed by atoms with Gasteiger partial charge in [-0.3, -0.25) is 4.79 Å². The van der Waals surface area contributed by atoms with Gasteiger partial charge >= 0.3 is 0 Å². The van der Waals surface area contributed by atoms with E-state index >= 15 is 0 Å². The lowest BCUT2D eigenvalue weighted by molar-refractivity contribution is -0.111. The molecule has 2 heterocycles. The van der Waals surface area contributed by atoms with Gasteiger partial charge in [0, 0.05) is 19.2 Å². The molecule has 1 aromatic carbocycles. The number of hydrogen-bond donors (Lipinski definition) is 1. The van der Waals surface area contributed by atoms with E-state index in [-0.39, 0.29) is 11.7 Å². The SMILES string of the molecule is O=C(/C=C/c1ccco1)Nc1cc(F)ccc1N1CCCCC1. The number of nitrogens with one attached hydrogen (secondary N) is 1. The predicted octanol–water partition coefficient (Wildman–Crippen LogP) is 4.06. The molecular formula is C18H19FN2O2. The van der Waals surface area contributed by atoms with Crippen LogP contribution in [0.3, 0.4) is 0 Å². The van der Waals surface area contributed by atoms with Crippen LogP contribution in [0.2, 0.25) is 0 Å². The van der Waals surface area contributed by atoms with Crippen LogP contribution in [0.5, 0.6) is 0 Å². The van der Waals surface area contributed by atoms with Crippen LogP contribution >= 0.6 is 0 Å². The van der Waals surface area contributed by atoms with Gasteiger partial charge in [-0.15, -0.1) is 0 Å². The Hall–Kier alpha value is -2.56. The van der Waals surface area contributed by atoms with Crippen molar-refractivity contribution in [1.82, 2.24) is 0 Å². The maximum Gasteiger partial charge on any atom is 0.248 e. The summed E-state index contributed by atoms with van der Waals surface area (Å²) in [7, 11) is 0. The second-order valence-electron chi connectivity index (χ2n) is 5.55. The molecule has 4 nitrogen and oxygen atoms in total. The molecule has 2 aromatic rings. The van der Waals surface area contributed by atoms with Crippen LogP contribution in [0, 0.1) is 5.82 Å². The molecule has 0 saturated carbocycles. The zero-order chi connectivity index (χ0) is 16.1. The minimum Gasteiger partial charge on any atom is -0.465 e. The van der Waals surface area contributed by atoms with Gasteiger partial charge < -0.3 is 14.6 Å². The van der Waals surface area contributed by atoms with Crippen molar-refractivity contribution in [2.24, 2.45) is 0 Å². The van der Waals surface area contributed by atoms with Crippen LogP contribution in [0.1, 0.15) is 25.0 Å². The van der Waals surface area contributed by atoms with E-state index in [1.54, 1.807) is 30.5 Å². The normalized spacial score (nSPS) is 15.1. The highest BCUT2D eigenvalue weighted by molar-refractivity contribution is 6.03. The van der Waals surface area contributed by atoms with Gasteiger partial charge in [0.1, 0.15) is 11.6 Å². The highest BCUT2D eigenvalue weighted by atomic mass is 19.1. The Morgan fingerprint density at radius 2 is 2.04 bits per heavy atom. The second-order valence-corrected chi connectivity index (χ2v) is 5.55. The van der Waals surface area contributed by atoms with Crippen LogP contribution in [0.4, 0.5) is 15.8 Å². The first-order valence-corrected chi connectivity index (χ1v) is 7.79. The molecule has 1 aliphatic heterocycles. The average Bonchev–Trinajstić information content (AvgIpc) is 3.07. The second kappa shape index (κ2) is 7.13. The first-order valence-electron chi connectivity index (χ1n) is 7.79. The summed E-state index contributed by atoms with van der Waals surface area (Å²) in [5.41, 5.74) is 1.37. The number of halogens is 1. The topological polar surface area (TPSA) is 45.5 Å². The number of carbonyl (C=O) groups is 1. The number of piperidine rings is 1. The first-order chi connectivity index (χ1) is 11.2. The smallest absolute Gasteiger partial charge is 0.248 e. The highest BCUT2D eigenvalue weighted by Gasteiger charge is 2.16. The summed E-state index contributed by atoms with van der Waals surface area (Å²) in [5.74, 6) is -0.0861. The Labute approximate surface area is 134 Å². The molecule has 0 radical (unpaired) electrons.